The van der Waals surface area contributed by atoms with Crippen LogP contribution in [-0.4, -0.2) is 50.5 Å². The lowest BCUT2D eigenvalue weighted by Gasteiger charge is -2.35. The lowest BCUT2D eigenvalue weighted by molar-refractivity contribution is 0.0388. The molecule has 0 bridgehead atoms. The molecule has 0 amide bonds. The molecule has 0 unspecified atom stereocenters. The molecule has 92 valence electrons. The van der Waals surface area contributed by atoms with Crippen molar-refractivity contribution in [3.63, 3.8) is 0 Å². The van der Waals surface area contributed by atoms with Crippen LogP contribution in [0.4, 0.5) is 0 Å². The van der Waals surface area contributed by atoms with Crippen molar-refractivity contribution in [2.75, 3.05) is 33.7 Å². The number of ether oxygens (including phenoxy) is 1. The highest BCUT2D eigenvalue weighted by Gasteiger charge is 2.24. The number of likely N-dealkylation sites (N-methyl/N-ethyl adjacent to an activating group) is 2. The van der Waals surface area contributed by atoms with E-state index in [1.165, 1.54) is 0 Å². The van der Waals surface area contributed by atoms with Gasteiger partial charge in [-0.2, -0.15) is 0 Å². The van der Waals surface area contributed by atoms with Gasteiger partial charge in [0.1, 0.15) is 11.9 Å². The Kier molecular flexibility index (Phi) is 3.76. The van der Waals surface area contributed by atoms with Crippen LogP contribution in [0.25, 0.3) is 0 Å². The third-order valence-corrected chi connectivity index (χ3v) is 2.85. The number of hydrogen-bond acceptors (Lipinski definition) is 4. The second-order valence-corrected chi connectivity index (χ2v) is 4.44. The fourth-order valence-electron chi connectivity index (χ4n) is 1.89. The molecular weight excluding hydrogens is 216 g/mol. The number of ketones is 1. The van der Waals surface area contributed by atoms with Gasteiger partial charge in [-0.05, 0) is 38.4 Å². The van der Waals surface area contributed by atoms with E-state index < -0.39 is 0 Å². The minimum atomic E-state index is 0.0995. The maximum absolute atomic E-state index is 11.6. The predicted molar refractivity (Wildman–Crippen MR) is 66.6 cm³/mol. The Balaban J connectivity index is 1.91. The Morgan fingerprint density at radius 3 is 2.59 bits per heavy atom. The van der Waals surface area contributed by atoms with Gasteiger partial charge in [-0.1, -0.05) is 0 Å². The first kappa shape index (κ1) is 12.1. The summed E-state index contributed by atoms with van der Waals surface area (Å²) >= 11 is 0. The first-order valence-corrected chi connectivity index (χ1v) is 5.82. The summed E-state index contributed by atoms with van der Waals surface area (Å²) in [6.45, 7) is 2.31. The van der Waals surface area contributed by atoms with Crippen molar-refractivity contribution in [1.29, 1.82) is 0 Å². The molecule has 2 rings (SSSR count). The van der Waals surface area contributed by atoms with Crippen LogP contribution in [0.1, 0.15) is 10.4 Å². The van der Waals surface area contributed by atoms with Crippen LogP contribution in [-0.2, 0) is 0 Å². The fraction of sp³-hybridized carbons (Fsp3) is 0.462. The summed E-state index contributed by atoms with van der Waals surface area (Å²) < 4.78 is 5.75. The first-order valence-electron chi connectivity index (χ1n) is 5.82. The van der Waals surface area contributed by atoms with Gasteiger partial charge in [-0.3, -0.25) is 9.69 Å². The van der Waals surface area contributed by atoms with Crippen molar-refractivity contribution in [1.82, 2.24) is 10.2 Å². The van der Waals surface area contributed by atoms with Crippen LogP contribution in [0.2, 0.25) is 0 Å². The zero-order chi connectivity index (χ0) is 12.3. The van der Waals surface area contributed by atoms with E-state index >= 15 is 0 Å². The SMILES string of the molecule is CNCC(=O)c1ccc(OC2CN(C)C2)cc1. The molecule has 4 nitrogen and oxygen atoms in total. The van der Waals surface area contributed by atoms with E-state index in [0.29, 0.717) is 12.6 Å². The van der Waals surface area contributed by atoms with Crippen molar-refractivity contribution < 1.29 is 9.53 Å². The average molecular weight is 234 g/mol. The largest absolute Gasteiger partial charge is 0.488 e. The summed E-state index contributed by atoms with van der Waals surface area (Å²) in [5, 5.41) is 2.85. The number of nitrogens with one attached hydrogen (secondary N) is 1. The molecule has 1 aliphatic rings. The fourth-order valence-corrected chi connectivity index (χ4v) is 1.89. The number of nitrogens with zero attached hydrogens (tertiary/aromatic N) is 1. The summed E-state index contributed by atoms with van der Waals surface area (Å²) in [5.74, 6) is 0.937. The van der Waals surface area contributed by atoms with E-state index in [0.717, 1.165) is 24.4 Å². The van der Waals surface area contributed by atoms with E-state index in [1.54, 1.807) is 7.05 Å². The molecule has 1 saturated heterocycles. The van der Waals surface area contributed by atoms with Gasteiger partial charge >= 0.3 is 0 Å². The van der Waals surface area contributed by atoms with Crippen LogP contribution in [0.15, 0.2) is 24.3 Å². The standard InChI is InChI=1S/C13H18N2O2/c1-14-7-13(16)10-3-5-11(6-4-10)17-12-8-15(2)9-12/h3-6,12,14H,7-9H2,1-2H3. The van der Waals surface area contributed by atoms with Crippen LogP contribution in [0.5, 0.6) is 5.75 Å². The van der Waals surface area contributed by atoms with Gasteiger partial charge in [0.05, 0.1) is 6.54 Å². The topological polar surface area (TPSA) is 41.6 Å². The Morgan fingerprint density at radius 2 is 2.06 bits per heavy atom. The third kappa shape index (κ3) is 3.05. The molecule has 1 fully saturated rings. The molecule has 0 spiro atoms. The van der Waals surface area contributed by atoms with Crippen molar-refractivity contribution in [3.05, 3.63) is 29.8 Å². The van der Waals surface area contributed by atoms with E-state index in [1.807, 2.05) is 24.3 Å². The molecule has 4 heteroatoms. The van der Waals surface area contributed by atoms with Gasteiger partial charge in [-0.15, -0.1) is 0 Å². The molecule has 0 aromatic heterocycles. The Morgan fingerprint density at radius 1 is 1.41 bits per heavy atom. The number of rotatable bonds is 5. The lowest BCUT2D eigenvalue weighted by atomic mass is 10.1. The normalized spacial score (nSPS) is 16.6. The van der Waals surface area contributed by atoms with Gasteiger partial charge in [0.25, 0.3) is 0 Å². The summed E-state index contributed by atoms with van der Waals surface area (Å²) in [7, 11) is 3.84. The van der Waals surface area contributed by atoms with E-state index in [2.05, 4.69) is 17.3 Å². The van der Waals surface area contributed by atoms with Crippen molar-refractivity contribution in [3.8, 4) is 5.75 Å². The summed E-state index contributed by atoms with van der Waals surface area (Å²) in [6.07, 6.45) is 0.291. The number of Topliss-reactive ketones (excluding diaryl/α,β-unsaturated/α-hetero) is 1. The van der Waals surface area contributed by atoms with Gasteiger partial charge in [0, 0.05) is 18.7 Å². The molecule has 1 aliphatic heterocycles. The molecule has 1 aromatic carbocycles. The van der Waals surface area contributed by atoms with Crippen molar-refractivity contribution in [2.45, 2.75) is 6.10 Å². The van der Waals surface area contributed by atoms with Crippen LogP contribution >= 0.6 is 0 Å². The molecule has 1 N–H and O–H groups in total. The second kappa shape index (κ2) is 5.29. The quantitative estimate of drug-likeness (QED) is 0.765. The number of carbonyl (C=O) groups is 1. The minimum absolute atomic E-state index is 0.0995. The third-order valence-electron chi connectivity index (χ3n) is 2.85. The number of likely N-dealkylation sites (tertiary alicyclic amines) is 1. The van der Waals surface area contributed by atoms with Crippen LogP contribution in [0.3, 0.4) is 0 Å². The van der Waals surface area contributed by atoms with Gasteiger partial charge in [-0.25, -0.2) is 0 Å². The van der Waals surface area contributed by atoms with Gasteiger partial charge in [0.2, 0.25) is 0 Å². The lowest BCUT2D eigenvalue weighted by Crippen LogP contribution is -2.51. The molecule has 1 aromatic rings. The van der Waals surface area contributed by atoms with Crippen LogP contribution in [0, 0.1) is 0 Å². The van der Waals surface area contributed by atoms with Crippen LogP contribution < -0.4 is 10.1 Å². The zero-order valence-corrected chi connectivity index (χ0v) is 10.3. The molecule has 0 saturated carbocycles. The number of benzene rings is 1. The Hall–Kier alpha value is -1.39. The second-order valence-electron chi connectivity index (χ2n) is 4.44. The molecule has 1 heterocycles. The maximum atomic E-state index is 11.6. The first-order chi connectivity index (χ1) is 8.19. The molecule has 17 heavy (non-hydrogen) atoms. The number of carbonyl (C=O) groups excluding carboxylic acids is 1. The Bertz CT molecular complexity index is 383. The highest BCUT2D eigenvalue weighted by molar-refractivity contribution is 5.97. The monoisotopic (exact) mass is 234 g/mol. The smallest absolute Gasteiger partial charge is 0.176 e. The summed E-state index contributed by atoms with van der Waals surface area (Å²) in [5.41, 5.74) is 0.720. The van der Waals surface area contributed by atoms with E-state index in [9.17, 15) is 4.79 Å². The summed E-state index contributed by atoms with van der Waals surface area (Å²) in [4.78, 5) is 13.8. The maximum Gasteiger partial charge on any atom is 0.176 e. The highest BCUT2D eigenvalue weighted by Crippen LogP contribution is 2.17. The molecular formula is C13H18N2O2. The molecule has 0 aliphatic carbocycles. The zero-order valence-electron chi connectivity index (χ0n) is 10.3. The van der Waals surface area contributed by atoms with Crippen molar-refractivity contribution in [2.24, 2.45) is 0 Å². The average Bonchev–Trinajstić information content (AvgIpc) is 2.28. The van der Waals surface area contributed by atoms with Gasteiger partial charge < -0.3 is 10.1 Å². The van der Waals surface area contributed by atoms with Gasteiger partial charge in [0.15, 0.2) is 5.78 Å². The molecule has 0 radical (unpaired) electrons. The number of hydrogen-bond donors (Lipinski definition) is 1. The van der Waals surface area contributed by atoms with E-state index in [4.69, 9.17) is 4.74 Å². The van der Waals surface area contributed by atoms with E-state index in [-0.39, 0.29) is 5.78 Å². The van der Waals surface area contributed by atoms with Crippen molar-refractivity contribution >= 4 is 5.78 Å². The predicted octanol–water partition coefficient (Wildman–Crippen LogP) is 0.781. The highest BCUT2D eigenvalue weighted by atomic mass is 16.5. The summed E-state index contributed by atoms with van der Waals surface area (Å²) in [6, 6.07) is 7.36. The Labute approximate surface area is 102 Å². The molecule has 0 atom stereocenters. The minimum Gasteiger partial charge on any atom is -0.488 e.